The van der Waals surface area contributed by atoms with Gasteiger partial charge >= 0.3 is 5.97 Å². The Bertz CT molecular complexity index is 1390. The van der Waals surface area contributed by atoms with Gasteiger partial charge in [0.25, 0.3) is 7.82 Å². The lowest BCUT2D eigenvalue weighted by atomic mass is 10.0. The van der Waals surface area contributed by atoms with Crippen LogP contribution in [0.5, 0.6) is 0 Å². The number of unbranched alkanes of at least 4 members (excludes halogenated alkanes) is 28. The third kappa shape index (κ3) is 50.6. The van der Waals surface area contributed by atoms with E-state index in [0.717, 1.165) is 96.3 Å². The van der Waals surface area contributed by atoms with Crippen molar-refractivity contribution in [1.82, 2.24) is 5.32 Å². The minimum atomic E-state index is -4.70. The summed E-state index contributed by atoms with van der Waals surface area (Å²) in [5.74, 6) is -0.570. The summed E-state index contributed by atoms with van der Waals surface area (Å²) in [6.45, 7) is 6.71. The van der Waals surface area contributed by atoms with Crippen molar-refractivity contribution in [2.24, 2.45) is 0 Å². The van der Waals surface area contributed by atoms with Crippen LogP contribution >= 0.6 is 7.82 Å². The lowest BCUT2D eigenvalue weighted by Gasteiger charge is -2.30. The number of phosphoric ester groups is 1. The normalized spacial score (nSPS) is 14.2. The number of ether oxygens (including phenoxy) is 1. The van der Waals surface area contributed by atoms with Gasteiger partial charge in [0.05, 0.1) is 33.8 Å². The fraction of sp³-hybridized carbons (Fsp3) is 0.800. The predicted molar refractivity (Wildman–Crippen MR) is 298 cm³/mol. The number of nitrogens with one attached hydrogen (secondary N) is 1. The summed E-state index contributed by atoms with van der Waals surface area (Å²) in [5.41, 5.74) is 0. The van der Waals surface area contributed by atoms with E-state index in [9.17, 15) is 19.0 Å². The van der Waals surface area contributed by atoms with Crippen molar-refractivity contribution >= 4 is 19.7 Å². The van der Waals surface area contributed by atoms with Gasteiger partial charge < -0.3 is 28.5 Å². The average molecular weight is 1000 g/mol. The molecule has 10 heteroatoms. The first-order valence-corrected chi connectivity index (χ1v) is 30.6. The second kappa shape index (κ2) is 50.3. The van der Waals surface area contributed by atoms with E-state index in [1.54, 1.807) is 0 Å². The largest absolute Gasteiger partial charge is 0.756 e. The van der Waals surface area contributed by atoms with Crippen LogP contribution in [0.4, 0.5) is 0 Å². The maximum Gasteiger partial charge on any atom is 0.306 e. The van der Waals surface area contributed by atoms with Gasteiger partial charge in [0.2, 0.25) is 5.91 Å². The van der Waals surface area contributed by atoms with Crippen molar-refractivity contribution in [3.63, 3.8) is 0 Å². The van der Waals surface area contributed by atoms with Crippen molar-refractivity contribution in [2.75, 3.05) is 40.9 Å². The van der Waals surface area contributed by atoms with E-state index in [4.69, 9.17) is 13.8 Å². The Morgan fingerprint density at radius 2 is 0.914 bits per heavy atom. The molecule has 3 atom stereocenters. The summed E-state index contributed by atoms with van der Waals surface area (Å²) in [7, 11) is 1.16. The molecule has 0 rings (SSSR count). The molecule has 1 N–H and O–H groups in total. The Hall–Kier alpha value is -2.29. The molecule has 0 aliphatic heterocycles. The molecule has 0 aliphatic rings. The molecule has 1 amide bonds. The molecule has 9 nitrogen and oxygen atoms in total. The van der Waals surface area contributed by atoms with Gasteiger partial charge in [0.15, 0.2) is 0 Å². The molecule has 0 aromatic heterocycles. The smallest absolute Gasteiger partial charge is 0.306 e. The Labute approximate surface area is 432 Å². The van der Waals surface area contributed by atoms with Gasteiger partial charge in [-0.1, -0.05) is 217 Å². The second-order valence-corrected chi connectivity index (χ2v) is 22.2. The van der Waals surface area contributed by atoms with Crippen LogP contribution in [-0.2, 0) is 27.9 Å². The zero-order valence-corrected chi connectivity index (χ0v) is 47.4. The monoisotopic (exact) mass is 1000 g/mol. The summed E-state index contributed by atoms with van der Waals surface area (Å²) >= 11 is 0. The number of hydrogen-bond acceptors (Lipinski definition) is 7. The summed E-state index contributed by atoms with van der Waals surface area (Å²) < 4.78 is 30.2. The van der Waals surface area contributed by atoms with Crippen molar-refractivity contribution in [3.8, 4) is 0 Å². The number of amides is 1. The number of rotatable bonds is 52. The number of quaternary nitrogens is 1. The van der Waals surface area contributed by atoms with Crippen LogP contribution in [0.2, 0.25) is 0 Å². The van der Waals surface area contributed by atoms with Crippen LogP contribution in [-0.4, -0.2) is 69.4 Å². The summed E-state index contributed by atoms with van der Waals surface area (Å²) in [6, 6.07) is -0.901. The average Bonchev–Trinajstić information content (AvgIpc) is 3.32. The number of esters is 1. The summed E-state index contributed by atoms with van der Waals surface area (Å²) in [5, 5.41) is 3.01. The minimum absolute atomic E-state index is 0.0287. The van der Waals surface area contributed by atoms with Crippen molar-refractivity contribution < 1.29 is 37.3 Å². The molecule has 0 aromatic rings. The van der Waals surface area contributed by atoms with Crippen LogP contribution in [0.25, 0.3) is 0 Å². The van der Waals surface area contributed by atoms with E-state index in [0.29, 0.717) is 17.4 Å². The zero-order valence-electron chi connectivity index (χ0n) is 46.5. The molecular weight excluding hydrogens is 892 g/mol. The molecule has 0 bridgehead atoms. The van der Waals surface area contributed by atoms with Crippen molar-refractivity contribution in [2.45, 2.75) is 270 Å². The molecule has 408 valence electrons. The van der Waals surface area contributed by atoms with Gasteiger partial charge in [-0.2, -0.15) is 0 Å². The van der Waals surface area contributed by atoms with Gasteiger partial charge in [-0.15, -0.1) is 0 Å². The Balaban J connectivity index is 5.39. The number of likely N-dealkylation sites (N-methyl/N-ethyl adjacent to an activating group) is 1. The Morgan fingerprint density at radius 1 is 0.514 bits per heavy atom. The number of carbonyl (C=O) groups excluding carboxylic acids is 2. The van der Waals surface area contributed by atoms with Crippen LogP contribution in [0.1, 0.15) is 258 Å². The van der Waals surface area contributed by atoms with Crippen LogP contribution < -0.4 is 10.2 Å². The number of allylic oxidation sites excluding steroid dienone is 9. The molecule has 0 aliphatic carbocycles. The lowest BCUT2D eigenvalue weighted by Crippen LogP contribution is -2.47. The molecule has 70 heavy (non-hydrogen) atoms. The number of hydrogen-bond donors (Lipinski definition) is 1. The number of nitrogens with zero attached hydrogens (tertiary/aromatic N) is 1. The Morgan fingerprint density at radius 3 is 1.39 bits per heavy atom. The fourth-order valence-corrected chi connectivity index (χ4v) is 8.90. The molecule has 0 fully saturated rings. The first-order valence-electron chi connectivity index (χ1n) is 29.1. The highest BCUT2D eigenvalue weighted by molar-refractivity contribution is 7.45. The van der Waals surface area contributed by atoms with Gasteiger partial charge in [-0.3, -0.25) is 14.2 Å². The van der Waals surface area contributed by atoms with E-state index in [-0.39, 0.29) is 31.3 Å². The van der Waals surface area contributed by atoms with Crippen LogP contribution in [0.3, 0.4) is 0 Å². The molecule has 0 saturated heterocycles. The third-order valence-electron chi connectivity index (χ3n) is 12.7. The summed E-state index contributed by atoms with van der Waals surface area (Å²) in [4.78, 5) is 39.9. The molecule has 3 unspecified atom stereocenters. The van der Waals surface area contributed by atoms with Crippen molar-refractivity contribution in [3.05, 3.63) is 60.8 Å². The lowest BCUT2D eigenvalue weighted by molar-refractivity contribution is -0.870. The SMILES string of the molecule is CC/C=C/C/C=C/C/C=C/CCCCCCC(=O)NC(COP(=O)([O-])OCC[N+](C)(C)C)C(/C=C/CCCCCCCCCCCCC)OC(=O)CCCCCCCCC/C=C/CCCCCCCC. The fourth-order valence-electron chi connectivity index (χ4n) is 8.18. The van der Waals surface area contributed by atoms with Crippen molar-refractivity contribution in [1.29, 1.82) is 0 Å². The van der Waals surface area contributed by atoms with E-state index >= 15 is 0 Å². The molecule has 0 spiro atoms. The Kier molecular flexibility index (Phi) is 48.6. The quantitative estimate of drug-likeness (QED) is 0.0212. The van der Waals surface area contributed by atoms with E-state index in [2.05, 4.69) is 74.7 Å². The van der Waals surface area contributed by atoms with Gasteiger partial charge in [0.1, 0.15) is 19.3 Å². The minimum Gasteiger partial charge on any atom is -0.756 e. The topological polar surface area (TPSA) is 114 Å². The molecule has 0 heterocycles. The standard InChI is InChI=1S/C60H111N2O7P/c1-7-10-13-16-19-22-25-28-30-31-32-35-38-41-44-47-50-53-60(64)69-58(51-48-45-42-39-36-33-27-24-21-18-15-12-9-3)57(56-68-70(65,66)67-55-54-62(4,5)6)61-59(63)52-49-46-43-40-37-34-29-26-23-20-17-14-11-8-2/h11,14,20,23,28-30,34,48,51,57-58H,7-10,12-13,15-19,21-22,24-27,31-33,35-47,49-50,52-56H2,1-6H3,(H-,61,63,65,66)/b14-11+,23-20+,30-28+,34-29+,51-48+. The molecule has 0 radical (unpaired) electrons. The van der Waals surface area contributed by atoms with Crippen LogP contribution in [0, 0.1) is 0 Å². The van der Waals surface area contributed by atoms with Gasteiger partial charge in [-0.05, 0) is 89.5 Å². The summed E-state index contributed by atoms with van der Waals surface area (Å²) in [6.07, 6.45) is 61.8. The highest BCUT2D eigenvalue weighted by atomic mass is 31.2. The van der Waals surface area contributed by atoms with Crippen LogP contribution in [0.15, 0.2) is 60.8 Å². The third-order valence-corrected chi connectivity index (χ3v) is 13.6. The van der Waals surface area contributed by atoms with E-state index in [1.807, 2.05) is 33.3 Å². The molecule has 0 aromatic carbocycles. The predicted octanol–water partition coefficient (Wildman–Crippen LogP) is 16.9. The second-order valence-electron chi connectivity index (χ2n) is 20.8. The zero-order chi connectivity index (χ0) is 51.5. The molecule has 0 saturated carbocycles. The number of phosphoric acid groups is 1. The highest BCUT2D eigenvalue weighted by Crippen LogP contribution is 2.38. The van der Waals surface area contributed by atoms with Gasteiger partial charge in [-0.25, -0.2) is 0 Å². The maximum atomic E-state index is 13.5. The first-order chi connectivity index (χ1) is 33.9. The highest BCUT2D eigenvalue weighted by Gasteiger charge is 2.27. The first kappa shape index (κ1) is 67.7. The van der Waals surface area contributed by atoms with E-state index < -0.39 is 26.6 Å². The van der Waals surface area contributed by atoms with Gasteiger partial charge in [0, 0.05) is 12.8 Å². The number of carbonyl (C=O) groups is 2. The maximum absolute atomic E-state index is 13.5. The molecular formula is C60H111N2O7P. The van der Waals surface area contributed by atoms with E-state index in [1.165, 1.54) is 122 Å².